The second-order valence-electron chi connectivity index (χ2n) is 6.83. The highest BCUT2D eigenvalue weighted by molar-refractivity contribution is 9.10. The number of ether oxygens (including phenoxy) is 1. The molecule has 0 aromatic heterocycles. The first kappa shape index (κ1) is 23.6. The van der Waals surface area contributed by atoms with E-state index >= 15 is 0 Å². The van der Waals surface area contributed by atoms with E-state index in [9.17, 15) is 14.9 Å². The molecule has 1 N–H and O–H groups in total. The lowest BCUT2D eigenvalue weighted by Crippen LogP contribution is -2.32. The number of carbonyl (C=O) groups is 2. The van der Waals surface area contributed by atoms with E-state index < -0.39 is 11.2 Å². The highest BCUT2D eigenvalue weighted by Gasteiger charge is 2.40. The largest absolute Gasteiger partial charge is 0.494 e. The zero-order chi connectivity index (χ0) is 23.1. The minimum Gasteiger partial charge on any atom is -0.494 e. The first-order valence-corrected chi connectivity index (χ1v) is 11.7. The Balaban J connectivity index is 2.00. The maximum absolute atomic E-state index is 13.4. The number of nitriles is 1. The molecule has 0 spiro atoms. The van der Waals surface area contributed by atoms with Crippen LogP contribution in [0, 0.1) is 11.3 Å². The van der Waals surface area contributed by atoms with Crippen molar-refractivity contribution in [2.75, 3.05) is 18.1 Å². The lowest BCUT2D eigenvalue weighted by Gasteiger charge is -2.19. The van der Waals surface area contributed by atoms with E-state index in [0.29, 0.717) is 29.5 Å². The van der Waals surface area contributed by atoms with Crippen molar-refractivity contribution in [3.8, 4) is 11.8 Å². The molecular formula is C24H22BrN3O3S. The molecule has 2 aromatic rings. The molecule has 3 rings (SSSR count). The van der Waals surface area contributed by atoms with Crippen molar-refractivity contribution in [2.24, 2.45) is 0 Å². The van der Waals surface area contributed by atoms with Crippen molar-refractivity contribution < 1.29 is 14.3 Å². The zero-order valence-electron chi connectivity index (χ0n) is 17.5. The van der Waals surface area contributed by atoms with Gasteiger partial charge in [0.25, 0.3) is 5.91 Å². The Labute approximate surface area is 200 Å². The van der Waals surface area contributed by atoms with Gasteiger partial charge in [-0.25, -0.2) is 0 Å². The van der Waals surface area contributed by atoms with Crippen LogP contribution in [0.2, 0.25) is 0 Å². The Morgan fingerprint density at radius 3 is 2.56 bits per heavy atom. The summed E-state index contributed by atoms with van der Waals surface area (Å²) in [6, 6.07) is 16.8. The van der Waals surface area contributed by atoms with Crippen LogP contribution in [0.25, 0.3) is 0 Å². The molecule has 32 heavy (non-hydrogen) atoms. The van der Waals surface area contributed by atoms with E-state index in [-0.39, 0.29) is 18.0 Å². The number of halogens is 1. The van der Waals surface area contributed by atoms with Gasteiger partial charge in [0.2, 0.25) is 5.91 Å². The van der Waals surface area contributed by atoms with E-state index in [4.69, 9.17) is 4.74 Å². The molecule has 1 aliphatic rings. The van der Waals surface area contributed by atoms with Gasteiger partial charge in [0, 0.05) is 16.7 Å². The van der Waals surface area contributed by atoms with Crippen LogP contribution in [0.5, 0.6) is 5.75 Å². The normalized spacial score (nSPS) is 17.0. The maximum Gasteiger partial charge on any atom is 0.264 e. The number of nitrogens with one attached hydrogen (secondary N) is 1. The standard InChI is InChI=1S/C24H22BrN3O3S/c1-3-13-27-22(29)20(15-26)24-28(18-9-11-19(12-10-18)31-4-2)23(30)21(32-24)14-16-5-7-17(25)8-6-16/h3,5-12,21H,1,4,13-14H2,2H3,(H,27,29)/b24-20-. The summed E-state index contributed by atoms with van der Waals surface area (Å²) in [6.07, 6.45) is 2.01. The smallest absolute Gasteiger partial charge is 0.264 e. The summed E-state index contributed by atoms with van der Waals surface area (Å²) in [5.74, 6) is -0.0407. The Bertz CT molecular complexity index is 1080. The van der Waals surface area contributed by atoms with E-state index in [0.717, 1.165) is 10.0 Å². The third kappa shape index (κ3) is 5.42. The molecule has 1 fully saturated rings. The number of rotatable bonds is 8. The fraction of sp³-hybridized carbons (Fsp3) is 0.208. The lowest BCUT2D eigenvalue weighted by molar-refractivity contribution is -0.117. The number of thioether (sulfide) groups is 1. The molecule has 1 heterocycles. The molecule has 164 valence electrons. The highest BCUT2D eigenvalue weighted by atomic mass is 79.9. The van der Waals surface area contributed by atoms with Gasteiger partial charge in [-0.15, -0.1) is 6.58 Å². The summed E-state index contributed by atoms with van der Waals surface area (Å²) in [5, 5.41) is 12.2. The van der Waals surface area contributed by atoms with Crippen LogP contribution in [0.3, 0.4) is 0 Å². The van der Waals surface area contributed by atoms with Gasteiger partial charge in [-0.1, -0.05) is 45.9 Å². The van der Waals surface area contributed by atoms with Crippen LogP contribution >= 0.6 is 27.7 Å². The maximum atomic E-state index is 13.4. The Morgan fingerprint density at radius 2 is 1.97 bits per heavy atom. The predicted molar refractivity (Wildman–Crippen MR) is 130 cm³/mol. The molecule has 1 atom stereocenters. The summed E-state index contributed by atoms with van der Waals surface area (Å²) in [7, 11) is 0. The number of carbonyl (C=O) groups excluding carboxylic acids is 2. The first-order valence-electron chi connectivity index (χ1n) is 9.99. The summed E-state index contributed by atoms with van der Waals surface area (Å²) >= 11 is 4.65. The summed E-state index contributed by atoms with van der Waals surface area (Å²) in [6.45, 7) is 6.22. The van der Waals surface area contributed by atoms with Gasteiger partial charge >= 0.3 is 0 Å². The predicted octanol–water partition coefficient (Wildman–Crippen LogP) is 4.58. The fourth-order valence-corrected chi connectivity index (χ4v) is 4.74. The molecule has 8 heteroatoms. The summed E-state index contributed by atoms with van der Waals surface area (Å²) in [5.41, 5.74) is 1.46. The van der Waals surface area contributed by atoms with Gasteiger partial charge in [0.05, 0.1) is 11.9 Å². The quantitative estimate of drug-likeness (QED) is 0.318. The monoisotopic (exact) mass is 511 g/mol. The van der Waals surface area contributed by atoms with Crippen molar-refractivity contribution in [2.45, 2.75) is 18.6 Å². The number of nitrogens with zero attached hydrogens (tertiary/aromatic N) is 2. The van der Waals surface area contributed by atoms with Gasteiger partial charge in [-0.05, 0) is 55.3 Å². The highest BCUT2D eigenvalue weighted by Crippen LogP contribution is 2.42. The average Bonchev–Trinajstić information content (AvgIpc) is 3.10. The van der Waals surface area contributed by atoms with Gasteiger partial charge in [-0.3, -0.25) is 14.5 Å². The SMILES string of the molecule is C=CCNC(=O)/C(C#N)=C1\SC(Cc2ccc(Br)cc2)C(=O)N1c1ccc(OCC)cc1. The molecule has 6 nitrogen and oxygen atoms in total. The number of hydrogen-bond acceptors (Lipinski definition) is 5. The van der Waals surface area contributed by atoms with Crippen LogP contribution < -0.4 is 15.0 Å². The van der Waals surface area contributed by atoms with E-state index in [1.807, 2.05) is 37.3 Å². The molecule has 1 saturated heterocycles. The minimum absolute atomic E-state index is 0.0996. The van der Waals surface area contributed by atoms with E-state index in [2.05, 4.69) is 27.8 Å². The van der Waals surface area contributed by atoms with Crippen molar-refractivity contribution in [3.05, 3.63) is 81.8 Å². The van der Waals surface area contributed by atoms with Gasteiger partial charge in [0.15, 0.2) is 0 Å². The molecule has 0 radical (unpaired) electrons. The molecule has 1 unspecified atom stereocenters. The van der Waals surface area contributed by atoms with Gasteiger partial charge in [-0.2, -0.15) is 5.26 Å². The second kappa shape index (κ2) is 11.0. The van der Waals surface area contributed by atoms with Gasteiger partial charge in [0.1, 0.15) is 22.4 Å². The van der Waals surface area contributed by atoms with Crippen LogP contribution in [-0.4, -0.2) is 30.2 Å². The van der Waals surface area contributed by atoms with Crippen molar-refractivity contribution in [3.63, 3.8) is 0 Å². The third-order valence-electron chi connectivity index (χ3n) is 4.65. The van der Waals surface area contributed by atoms with E-state index in [1.54, 1.807) is 24.3 Å². The fourth-order valence-electron chi connectivity index (χ4n) is 3.17. The van der Waals surface area contributed by atoms with Crippen LogP contribution in [0.1, 0.15) is 12.5 Å². The zero-order valence-corrected chi connectivity index (χ0v) is 19.9. The molecule has 0 aliphatic carbocycles. The van der Waals surface area contributed by atoms with Crippen molar-refractivity contribution in [1.29, 1.82) is 5.26 Å². The second-order valence-corrected chi connectivity index (χ2v) is 8.94. The third-order valence-corrected chi connectivity index (χ3v) is 6.44. The molecule has 2 aromatic carbocycles. The average molecular weight is 512 g/mol. The molecule has 0 saturated carbocycles. The van der Waals surface area contributed by atoms with Crippen molar-refractivity contribution >= 4 is 45.2 Å². The molecular weight excluding hydrogens is 490 g/mol. The van der Waals surface area contributed by atoms with Crippen molar-refractivity contribution in [1.82, 2.24) is 5.32 Å². The van der Waals surface area contributed by atoms with E-state index in [1.165, 1.54) is 22.7 Å². The number of benzene rings is 2. The Morgan fingerprint density at radius 1 is 1.28 bits per heavy atom. The summed E-state index contributed by atoms with van der Waals surface area (Å²) in [4.78, 5) is 27.5. The Kier molecular flexibility index (Phi) is 8.14. The topological polar surface area (TPSA) is 82.4 Å². The number of anilines is 1. The molecule has 2 amide bonds. The number of amides is 2. The van der Waals surface area contributed by atoms with Gasteiger partial charge < -0.3 is 10.1 Å². The first-order chi connectivity index (χ1) is 15.5. The van der Waals surface area contributed by atoms with Crippen LogP contribution in [0.15, 0.2) is 76.3 Å². The Hall–Kier alpha value is -3.02. The van der Waals surface area contributed by atoms with Crippen LogP contribution in [-0.2, 0) is 16.0 Å². The van der Waals surface area contributed by atoms with Crippen LogP contribution in [0.4, 0.5) is 5.69 Å². The molecule has 1 aliphatic heterocycles. The minimum atomic E-state index is -0.539. The summed E-state index contributed by atoms with van der Waals surface area (Å²) < 4.78 is 6.44. The lowest BCUT2D eigenvalue weighted by atomic mass is 10.1. The molecule has 0 bridgehead atoms. The number of hydrogen-bond donors (Lipinski definition) is 1.